The van der Waals surface area contributed by atoms with Gasteiger partial charge in [0.1, 0.15) is 0 Å². The van der Waals surface area contributed by atoms with Gasteiger partial charge in [-0.25, -0.2) is 0 Å². The van der Waals surface area contributed by atoms with Crippen LogP contribution in [0.15, 0.2) is 0 Å². The van der Waals surface area contributed by atoms with Gasteiger partial charge in [-0.3, -0.25) is 0 Å². The van der Waals surface area contributed by atoms with Crippen molar-refractivity contribution in [2.45, 2.75) is 30.6 Å². The van der Waals surface area contributed by atoms with Crippen LogP contribution < -0.4 is 9.64 Å². The lowest BCUT2D eigenvalue weighted by molar-refractivity contribution is 0.0979. The highest BCUT2D eigenvalue weighted by atomic mass is 32.2. The van der Waals surface area contributed by atoms with Gasteiger partial charge in [-0.1, -0.05) is 0 Å². The average Bonchev–Trinajstić information content (AvgIpc) is 3.28. The zero-order chi connectivity index (χ0) is 14.2. The van der Waals surface area contributed by atoms with Crippen molar-refractivity contribution in [1.82, 2.24) is 15.0 Å². The van der Waals surface area contributed by atoms with Gasteiger partial charge < -0.3 is 14.4 Å². The Balaban J connectivity index is 1.96. The van der Waals surface area contributed by atoms with Gasteiger partial charge in [-0.05, 0) is 26.0 Å². The number of anilines is 1. The zero-order valence-electron chi connectivity index (χ0n) is 12.1. The van der Waals surface area contributed by atoms with Gasteiger partial charge >= 0.3 is 6.01 Å². The highest BCUT2D eigenvalue weighted by molar-refractivity contribution is 7.99. The summed E-state index contributed by atoms with van der Waals surface area (Å²) in [5.74, 6) is 1.56. The second-order valence-electron chi connectivity index (χ2n) is 5.26. The second-order valence-corrected chi connectivity index (χ2v) is 6.45. The predicted molar refractivity (Wildman–Crippen MR) is 78.4 cm³/mol. The van der Waals surface area contributed by atoms with Crippen LogP contribution in [0.4, 0.5) is 5.95 Å². The Morgan fingerprint density at radius 1 is 1.35 bits per heavy atom. The van der Waals surface area contributed by atoms with E-state index in [2.05, 4.69) is 28.0 Å². The van der Waals surface area contributed by atoms with E-state index in [4.69, 9.17) is 14.5 Å². The minimum atomic E-state index is 0.0699. The molecule has 1 saturated carbocycles. The molecule has 1 aromatic heterocycles. The van der Waals surface area contributed by atoms with E-state index in [1.807, 2.05) is 11.8 Å². The largest absolute Gasteiger partial charge is 0.467 e. The standard InChI is InChI=1S/C13H20N4O2S/c1-9-8-19-7-6-17(9)11-14-10(13(20-3)4-5-13)15-12(16-11)18-2/h9H,4-8H2,1-3H3/t9-/m1/s1. The first-order valence-electron chi connectivity index (χ1n) is 6.88. The van der Waals surface area contributed by atoms with Gasteiger partial charge in [0.2, 0.25) is 5.95 Å². The first-order chi connectivity index (χ1) is 9.68. The maximum Gasteiger partial charge on any atom is 0.321 e. The van der Waals surface area contributed by atoms with Gasteiger partial charge in [0.25, 0.3) is 0 Å². The molecule has 6 nitrogen and oxygen atoms in total. The molecular weight excluding hydrogens is 276 g/mol. The number of morpholine rings is 1. The van der Waals surface area contributed by atoms with Crippen LogP contribution in [0, 0.1) is 0 Å². The summed E-state index contributed by atoms with van der Waals surface area (Å²) >= 11 is 1.82. The van der Waals surface area contributed by atoms with Crippen molar-refractivity contribution < 1.29 is 9.47 Å². The minimum Gasteiger partial charge on any atom is -0.467 e. The molecule has 2 heterocycles. The van der Waals surface area contributed by atoms with Crippen LogP contribution in [-0.4, -0.2) is 54.1 Å². The molecule has 0 N–H and O–H groups in total. The van der Waals surface area contributed by atoms with Crippen LogP contribution in [0.3, 0.4) is 0 Å². The summed E-state index contributed by atoms with van der Waals surface area (Å²) in [5, 5.41) is 0. The Morgan fingerprint density at radius 3 is 2.75 bits per heavy atom. The van der Waals surface area contributed by atoms with Crippen molar-refractivity contribution in [2.24, 2.45) is 0 Å². The van der Waals surface area contributed by atoms with Crippen molar-refractivity contribution in [3.05, 3.63) is 5.82 Å². The highest BCUT2D eigenvalue weighted by Crippen LogP contribution is 2.55. The van der Waals surface area contributed by atoms with Crippen molar-refractivity contribution in [1.29, 1.82) is 0 Å². The maximum atomic E-state index is 5.47. The first-order valence-corrected chi connectivity index (χ1v) is 8.11. The van der Waals surface area contributed by atoms with Crippen LogP contribution in [0.1, 0.15) is 25.6 Å². The summed E-state index contributed by atoms with van der Waals surface area (Å²) in [7, 11) is 1.60. The fraction of sp³-hybridized carbons (Fsp3) is 0.769. The number of thioether (sulfide) groups is 1. The van der Waals surface area contributed by atoms with Gasteiger partial charge in [-0.2, -0.15) is 26.7 Å². The molecular formula is C13H20N4O2S. The molecule has 2 aliphatic rings. The van der Waals surface area contributed by atoms with Crippen LogP contribution in [0.25, 0.3) is 0 Å². The normalized spacial score (nSPS) is 24.6. The van der Waals surface area contributed by atoms with E-state index in [0.717, 1.165) is 25.2 Å². The molecule has 0 bridgehead atoms. The lowest BCUT2D eigenvalue weighted by atomic mass is 10.3. The Kier molecular flexibility index (Phi) is 3.72. The average molecular weight is 296 g/mol. The van der Waals surface area contributed by atoms with Crippen molar-refractivity contribution in [2.75, 3.05) is 38.0 Å². The summed E-state index contributed by atoms with van der Waals surface area (Å²) in [6, 6.07) is 0.678. The number of aromatic nitrogens is 3. The third-order valence-corrected chi connectivity index (χ3v) is 5.28. The van der Waals surface area contributed by atoms with E-state index in [0.29, 0.717) is 25.2 Å². The number of ether oxygens (including phenoxy) is 2. The molecule has 1 saturated heterocycles. The molecule has 0 radical (unpaired) electrons. The molecule has 0 unspecified atom stereocenters. The van der Waals surface area contributed by atoms with E-state index in [1.165, 1.54) is 0 Å². The monoisotopic (exact) mass is 296 g/mol. The molecule has 20 heavy (non-hydrogen) atoms. The lowest BCUT2D eigenvalue weighted by Crippen LogP contribution is -2.44. The molecule has 1 aliphatic carbocycles. The number of rotatable bonds is 4. The van der Waals surface area contributed by atoms with Crippen LogP contribution in [0.5, 0.6) is 6.01 Å². The third-order valence-electron chi connectivity index (χ3n) is 3.91. The van der Waals surface area contributed by atoms with E-state index in [-0.39, 0.29) is 10.8 Å². The molecule has 1 aromatic rings. The van der Waals surface area contributed by atoms with Crippen LogP contribution in [-0.2, 0) is 9.48 Å². The fourth-order valence-corrected chi connectivity index (χ4v) is 3.21. The predicted octanol–water partition coefficient (Wildman–Crippen LogP) is 1.46. The Labute approximate surface area is 123 Å². The minimum absolute atomic E-state index is 0.0699. The topological polar surface area (TPSA) is 60.4 Å². The number of hydrogen-bond donors (Lipinski definition) is 0. The molecule has 2 fully saturated rings. The quantitative estimate of drug-likeness (QED) is 0.833. The summed E-state index contributed by atoms with van der Waals surface area (Å²) < 4.78 is 10.8. The Hall–Kier alpha value is -1.08. The summed E-state index contributed by atoms with van der Waals surface area (Å²) in [5.41, 5.74) is 0. The lowest BCUT2D eigenvalue weighted by Gasteiger charge is -2.33. The second kappa shape index (κ2) is 5.37. The molecule has 3 rings (SSSR count). The number of nitrogens with zero attached hydrogens (tertiary/aromatic N) is 4. The zero-order valence-corrected chi connectivity index (χ0v) is 12.9. The summed E-state index contributed by atoms with van der Waals surface area (Å²) in [6.45, 7) is 4.34. The fourth-order valence-electron chi connectivity index (χ4n) is 2.43. The summed E-state index contributed by atoms with van der Waals surface area (Å²) in [4.78, 5) is 15.8. The molecule has 1 atom stereocenters. The van der Waals surface area contributed by atoms with Crippen LogP contribution in [0.2, 0.25) is 0 Å². The summed E-state index contributed by atoms with van der Waals surface area (Å²) in [6.07, 6.45) is 4.36. The van der Waals surface area contributed by atoms with Gasteiger partial charge in [0.15, 0.2) is 5.82 Å². The smallest absolute Gasteiger partial charge is 0.321 e. The van der Waals surface area contributed by atoms with Crippen molar-refractivity contribution in [3.8, 4) is 6.01 Å². The molecule has 0 amide bonds. The SMILES string of the molecule is COc1nc(N2CCOC[C@H]2C)nc(C2(SC)CC2)n1. The van der Waals surface area contributed by atoms with E-state index in [9.17, 15) is 0 Å². The first kappa shape index (κ1) is 13.9. The molecule has 0 aromatic carbocycles. The van der Waals surface area contributed by atoms with E-state index >= 15 is 0 Å². The van der Waals surface area contributed by atoms with E-state index in [1.54, 1.807) is 7.11 Å². The van der Waals surface area contributed by atoms with Crippen molar-refractivity contribution in [3.63, 3.8) is 0 Å². The highest BCUT2D eigenvalue weighted by Gasteiger charge is 2.47. The molecule has 1 aliphatic heterocycles. The Morgan fingerprint density at radius 2 is 2.15 bits per heavy atom. The van der Waals surface area contributed by atoms with Gasteiger partial charge in [-0.15, -0.1) is 0 Å². The Bertz CT molecular complexity index is 495. The number of hydrogen-bond acceptors (Lipinski definition) is 7. The molecule has 7 heteroatoms. The van der Waals surface area contributed by atoms with E-state index < -0.39 is 0 Å². The third kappa shape index (κ3) is 2.44. The van der Waals surface area contributed by atoms with Crippen molar-refractivity contribution >= 4 is 17.7 Å². The molecule has 0 spiro atoms. The molecule has 110 valence electrons. The number of methoxy groups -OCH3 is 1. The maximum absolute atomic E-state index is 5.47. The van der Waals surface area contributed by atoms with Gasteiger partial charge in [0, 0.05) is 6.54 Å². The van der Waals surface area contributed by atoms with Gasteiger partial charge in [0.05, 0.1) is 31.1 Å². The van der Waals surface area contributed by atoms with Crippen LogP contribution >= 0.6 is 11.8 Å².